The van der Waals surface area contributed by atoms with Gasteiger partial charge in [-0.3, -0.25) is 14.5 Å². The summed E-state index contributed by atoms with van der Waals surface area (Å²) in [7, 11) is 0. The van der Waals surface area contributed by atoms with Crippen LogP contribution in [-0.2, 0) is 9.59 Å². The summed E-state index contributed by atoms with van der Waals surface area (Å²) in [5.74, 6) is -0.179. The Morgan fingerprint density at radius 3 is 2.33 bits per heavy atom. The Labute approximate surface area is 94.8 Å². The zero-order valence-electron chi connectivity index (χ0n) is 9.03. The van der Waals surface area contributed by atoms with Gasteiger partial charge in [-0.1, -0.05) is 26.1 Å². The van der Waals surface area contributed by atoms with E-state index in [4.69, 9.17) is 18.0 Å². The Bertz CT molecular complexity index is 286. The van der Waals surface area contributed by atoms with Crippen LogP contribution in [0.25, 0.3) is 0 Å². The molecule has 2 N–H and O–H groups in total. The first-order valence-corrected chi connectivity index (χ1v) is 5.52. The third-order valence-corrected chi connectivity index (χ3v) is 2.88. The Morgan fingerprint density at radius 2 is 2.00 bits per heavy atom. The zero-order valence-corrected chi connectivity index (χ0v) is 9.84. The van der Waals surface area contributed by atoms with Gasteiger partial charge in [0.25, 0.3) is 0 Å². The molecule has 0 radical (unpaired) electrons. The second-order valence-electron chi connectivity index (χ2n) is 4.00. The Morgan fingerprint density at radius 1 is 1.53 bits per heavy atom. The van der Waals surface area contributed by atoms with E-state index in [1.165, 1.54) is 4.90 Å². The molecule has 1 aliphatic heterocycles. The lowest BCUT2D eigenvalue weighted by molar-refractivity contribution is -0.151. The number of nitrogens with two attached hydrogens (primary N) is 1. The summed E-state index contributed by atoms with van der Waals surface area (Å²) >= 11 is 4.86. The quantitative estimate of drug-likeness (QED) is 0.574. The summed E-state index contributed by atoms with van der Waals surface area (Å²) in [6.45, 7) is 3.76. The summed E-state index contributed by atoms with van der Waals surface area (Å²) in [6, 6.07) is -0.410. The first-order valence-electron chi connectivity index (χ1n) is 5.11. The summed E-state index contributed by atoms with van der Waals surface area (Å²) < 4.78 is 0. The number of carbonyl (C=O) groups excluding carboxylic acids is 2. The van der Waals surface area contributed by atoms with E-state index in [1.807, 2.05) is 13.8 Å². The molecule has 1 atom stereocenters. The topological polar surface area (TPSA) is 63.4 Å². The first kappa shape index (κ1) is 12.1. The number of thiocarbonyl (C=S) groups is 1. The van der Waals surface area contributed by atoms with Crippen molar-refractivity contribution in [1.29, 1.82) is 0 Å². The molecule has 0 bridgehead atoms. The minimum absolute atomic E-state index is 0.130. The fourth-order valence-electron chi connectivity index (χ4n) is 1.86. The molecule has 1 rings (SSSR count). The van der Waals surface area contributed by atoms with E-state index in [1.54, 1.807) is 0 Å². The molecule has 1 fully saturated rings. The molecule has 0 aromatic heterocycles. The normalized spacial score (nSPS) is 20.5. The maximum Gasteiger partial charge on any atom is 0.230 e. The van der Waals surface area contributed by atoms with Crippen LogP contribution in [0.1, 0.15) is 33.1 Å². The van der Waals surface area contributed by atoms with Crippen LogP contribution in [0, 0.1) is 5.92 Å². The molecular formula is C10H16N2O2S. The van der Waals surface area contributed by atoms with Crippen molar-refractivity contribution in [3.05, 3.63) is 0 Å². The number of piperidine rings is 1. The summed E-state index contributed by atoms with van der Waals surface area (Å²) in [6.07, 6.45) is 1.40. The van der Waals surface area contributed by atoms with Gasteiger partial charge in [0, 0.05) is 12.8 Å². The van der Waals surface area contributed by atoms with Crippen molar-refractivity contribution >= 4 is 29.0 Å². The van der Waals surface area contributed by atoms with Gasteiger partial charge in [-0.15, -0.1) is 0 Å². The van der Waals surface area contributed by atoms with Crippen molar-refractivity contribution in [2.75, 3.05) is 0 Å². The van der Waals surface area contributed by atoms with Crippen LogP contribution < -0.4 is 5.73 Å². The number of hydrogen-bond acceptors (Lipinski definition) is 3. The van der Waals surface area contributed by atoms with Gasteiger partial charge in [0.05, 0.1) is 11.0 Å². The van der Waals surface area contributed by atoms with Crippen LogP contribution >= 0.6 is 12.2 Å². The van der Waals surface area contributed by atoms with Crippen LogP contribution in [0.5, 0.6) is 0 Å². The molecular weight excluding hydrogens is 212 g/mol. The highest BCUT2D eigenvalue weighted by Crippen LogP contribution is 2.22. The smallest absolute Gasteiger partial charge is 0.230 e. The summed E-state index contributed by atoms with van der Waals surface area (Å²) in [5.41, 5.74) is 5.52. The van der Waals surface area contributed by atoms with Crippen LogP contribution in [0.4, 0.5) is 0 Å². The molecule has 2 amide bonds. The van der Waals surface area contributed by atoms with Gasteiger partial charge in [0.2, 0.25) is 11.8 Å². The number of rotatable bonds is 3. The molecule has 1 aliphatic rings. The molecule has 0 saturated carbocycles. The highest BCUT2D eigenvalue weighted by atomic mass is 32.1. The average molecular weight is 228 g/mol. The molecule has 0 aliphatic carbocycles. The zero-order chi connectivity index (χ0) is 11.6. The van der Waals surface area contributed by atoms with E-state index in [2.05, 4.69) is 0 Å². The number of likely N-dealkylation sites (tertiary alicyclic amines) is 1. The van der Waals surface area contributed by atoms with Crippen LogP contribution in [0.3, 0.4) is 0 Å². The third-order valence-electron chi connectivity index (χ3n) is 2.61. The number of hydrogen-bond donors (Lipinski definition) is 1. The summed E-state index contributed by atoms with van der Waals surface area (Å²) in [4.78, 5) is 24.9. The molecule has 1 unspecified atom stereocenters. The van der Waals surface area contributed by atoms with Crippen molar-refractivity contribution in [3.63, 3.8) is 0 Å². The van der Waals surface area contributed by atoms with Gasteiger partial charge in [-0.25, -0.2) is 0 Å². The standard InChI is InChI=1S/C10H16N2O2S/c1-3-7(10(11)15)12-8(13)4-6(2)5-9(12)14/h6-7H,3-5H2,1-2H3,(H2,11,15). The van der Waals surface area contributed by atoms with Crippen molar-refractivity contribution in [2.45, 2.75) is 39.2 Å². The van der Waals surface area contributed by atoms with Crippen LogP contribution in [0.15, 0.2) is 0 Å². The predicted molar refractivity (Wildman–Crippen MR) is 61.1 cm³/mol. The second kappa shape index (κ2) is 4.70. The van der Waals surface area contributed by atoms with Gasteiger partial charge in [0.15, 0.2) is 0 Å². The minimum atomic E-state index is -0.410. The number of imide groups is 1. The second-order valence-corrected chi connectivity index (χ2v) is 4.47. The van der Waals surface area contributed by atoms with Crippen LogP contribution in [-0.4, -0.2) is 27.7 Å². The minimum Gasteiger partial charge on any atom is -0.392 e. The molecule has 0 aromatic carbocycles. The van der Waals surface area contributed by atoms with Crippen molar-refractivity contribution in [2.24, 2.45) is 11.7 Å². The highest BCUT2D eigenvalue weighted by molar-refractivity contribution is 7.80. The van der Waals surface area contributed by atoms with Gasteiger partial charge < -0.3 is 5.73 Å². The molecule has 1 heterocycles. The monoisotopic (exact) mass is 228 g/mol. The maximum atomic E-state index is 11.7. The lowest BCUT2D eigenvalue weighted by Gasteiger charge is -2.33. The van der Waals surface area contributed by atoms with Gasteiger partial charge in [-0.05, 0) is 12.3 Å². The van der Waals surface area contributed by atoms with Gasteiger partial charge >= 0.3 is 0 Å². The number of amides is 2. The SMILES string of the molecule is CCC(C(N)=S)N1C(=O)CC(C)CC1=O. The molecule has 0 spiro atoms. The molecule has 1 saturated heterocycles. The predicted octanol–water partition coefficient (Wildman–Crippen LogP) is 0.836. The summed E-state index contributed by atoms with van der Waals surface area (Å²) in [5, 5.41) is 0. The molecule has 15 heavy (non-hydrogen) atoms. The fraction of sp³-hybridized carbons (Fsp3) is 0.700. The Balaban J connectivity index is 2.87. The molecule has 84 valence electrons. The van der Waals surface area contributed by atoms with E-state index in [0.717, 1.165) is 0 Å². The van der Waals surface area contributed by atoms with E-state index >= 15 is 0 Å². The van der Waals surface area contributed by atoms with E-state index in [0.29, 0.717) is 19.3 Å². The van der Waals surface area contributed by atoms with Gasteiger partial charge in [-0.2, -0.15) is 0 Å². The largest absolute Gasteiger partial charge is 0.392 e. The highest BCUT2D eigenvalue weighted by Gasteiger charge is 2.35. The number of nitrogens with zero attached hydrogens (tertiary/aromatic N) is 1. The van der Waals surface area contributed by atoms with Crippen molar-refractivity contribution in [3.8, 4) is 0 Å². The fourth-order valence-corrected chi connectivity index (χ4v) is 2.13. The third kappa shape index (κ3) is 2.53. The van der Waals surface area contributed by atoms with E-state index in [-0.39, 0.29) is 22.7 Å². The van der Waals surface area contributed by atoms with E-state index < -0.39 is 6.04 Å². The Kier molecular flexibility index (Phi) is 3.79. The van der Waals surface area contributed by atoms with Crippen LogP contribution in [0.2, 0.25) is 0 Å². The lowest BCUT2D eigenvalue weighted by atomic mass is 9.96. The van der Waals surface area contributed by atoms with Crippen molar-refractivity contribution in [1.82, 2.24) is 4.90 Å². The molecule has 4 nitrogen and oxygen atoms in total. The molecule has 0 aromatic rings. The molecule has 5 heteroatoms. The van der Waals surface area contributed by atoms with Crippen molar-refractivity contribution < 1.29 is 9.59 Å². The lowest BCUT2D eigenvalue weighted by Crippen LogP contribution is -2.53. The Hall–Kier alpha value is -0.970. The van der Waals surface area contributed by atoms with Gasteiger partial charge in [0.1, 0.15) is 0 Å². The first-order chi connectivity index (χ1) is 6.97. The van der Waals surface area contributed by atoms with E-state index in [9.17, 15) is 9.59 Å². The number of carbonyl (C=O) groups is 2. The average Bonchev–Trinajstić information content (AvgIpc) is 2.09. The maximum absolute atomic E-state index is 11.7.